The predicted octanol–water partition coefficient (Wildman–Crippen LogP) is 3.97. The van der Waals surface area contributed by atoms with Gasteiger partial charge in [0.15, 0.2) is 0 Å². The van der Waals surface area contributed by atoms with E-state index in [9.17, 15) is 4.79 Å². The number of nitrogens with one attached hydrogen (secondary N) is 1. The largest absolute Gasteiger partial charge is 0.495 e. The maximum absolute atomic E-state index is 11.9. The first-order valence-electron chi connectivity index (χ1n) is 5.31. The Hall–Kier alpha value is -1.52. The number of rotatable bonds is 3. The molecule has 0 aliphatic carbocycles. The van der Waals surface area contributed by atoms with E-state index >= 15 is 0 Å². The number of anilines is 1. The van der Waals surface area contributed by atoms with Crippen LogP contribution in [-0.4, -0.2) is 13.0 Å². The Balaban J connectivity index is 2.14. The van der Waals surface area contributed by atoms with Gasteiger partial charge >= 0.3 is 0 Å². The molecule has 1 amide bonds. The van der Waals surface area contributed by atoms with E-state index in [2.05, 4.69) is 5.32 Å². The summed E-state index contributed by atoms with van der Waals surface area (Å²) in [5.41, 5.74) is 0.650. The zero-order valence-corrected chi connectivity index (χ0v) is 11.6. The minimum absolute atomic E-state index is 0.130. The maximum Gasteiger partial charge on any atom is 0.265 e. The Bertz CT molecular complexity index is 580. The molecule has 1 aromatic carbocycles. The first-order valence-corrected chi connectivity index (χ1v) is 6.51. The number of carbonyl (C=O) groups excluding carboxylic acids is 1. The van der Waals surface area contributed by atoms with Gasteiger partial charge in [0, 0.05) is 10.6 Å². The van der Waals surface area contributed by atoms with Crippen LogP contribution in [0.3, 0.4) is 0 Å². The second-order valence-electron chi connectivity index (χ2n) is 3.71. The minimum atomic E-state index is -0.130. The predicted molar refractivity (Wildman–Crippen MR) is 75.0 cm³/mol. The molecule has 94 valence electrons. The Morgan fingerprint density at radius 3 is 2.67 bits per heavy atom. The van der Waals surface area contributed by atoms with Crippen LogP contribution in [0.1, 0.15) is 14.5 Å². The quantitative estimate of drug-likeness (QED) is 0.924. The summed E-state index contributed by atoms with van der Waals surface area (Å²) >= 11 is 7.45. The van der Waals surface area contributed by atoms with E-state index in [1.54, 1.807) is 31.4 Å². The highest BCUT2D eigenvalue weighted by Crippen LogP contribution is 2.27. The SMILES string of the molecule is COc1ccc(NC(=O)c2ccc(C)s2)cc1Cl. The van der Waals surface area contributed by atoms with E-state index in [1.165, 1.54) is 11.3 Å². The van der Waals surface area contributed by atoms with E-state index in [4.69, 9.17) is 16.3 Å². The molecule has 0 fully saturated rings. The molecule has 2 aromatic rings. The number of ether oxygens (including phenoxy) is 1. The monoisotopic (exact) mass is 281 g/mol. The van der Waals surface area contributed by atoms with Crippen molar-refractivity contribution in [2.75, 3.05) is 12.4 Å². The molecule has 2 rings (SSSR count). The fourth-order valence-electron chi connectivity index (χ4n) is 1.49. The third-order valence-corrected chi connectivity index (χ3v) is 3.67. The second kappa shape index (κ2) is 5.42. The number of carbonyl (C=O) groups is 1. The van der Waals surface area contributed by atoms with Gasteiger partial charge in [-0.25, -0.2) is 0 Å². The third-order valence-electron chi connectivity index (χ3n) is 2.37. The molecular formula is C13H12ClNO2S. The topological polar surface area (TPSA) is 38.3 Å². The summed E-state index contributed by atoms with van der Waals surface area (Å²) in [7, 11) is 1.55. The summed E-state index contributed by atoms with van der Waals surface area (Å²) in [5, 5.41) is 3.27. The molecule has 0 spiro atoms. The summed E-state index contributed by atoms with van der Waals surface area (Å²) in [6.45, 7) is 1.96. The molecule has 3 nitrogen and oxygen atoms in total. The van der Waals surface area contributed by atoms with Crippen molar-refractivity contribution in [1.29, 1.82) is 0 Å². The molecule has 18 heavy (non-hydrogen) atoms. The molecule has 0 aliphatic rings. The summed E-state index contributed by atoms with van der Waals surface area (Å²) in [4.78, 5) is 13.7. The number of hydrogen-bond acceptors (Lipinski definition) is 3. The van der Waals surface area contributed by atoms with Crippen LogP contribution in [0.15, 0.2) is 30.3 Å². The van der Waals surface area contributed by atoms with Gasteiger partial charge in [-0.1, -0.05) is 11.6 Å². The van der Waals surface area contributed by atoms with Crippen LogP contribution < -0.4 is 10.1 Å². The van der Waals surface area contributed by atoms with Gasteiger partial charge in [-0.3, -0.25) is 4.79 Å². The van der Waals surface area contributed by atoms with Crippen molar-refractivity contribution in [1.82, 2.24) is 0 Å². The number of thiophene rings is 1. The van der Waals surface area contributed by atoms with Crippen molar-refractivity contribution in [3.63, 3.8) is 0 Å². The van der Waals surface area contributed by atoms with Crippen molar-refractivity contribution >= 4 is 34.5 Å². The van der Waals surface area contributed by atoms with E-state index < -0.39 is 0 Å². The smallest absolute Gasteiger partial charge is 0.265 e. The summed E-state index contributed by atoms with van der Waals surface area (Å²) in [6, 6.07) is 8.86. The van der Waals surface area contributed by atoms with Crippen molar-refractivity contribution < 1.29 is 9.53 Å². The van der Waals surface area contributed by atoms with Gasteiger partial charge in [-0.15, -0.1) is 11.3 Å². The maximum atomic E-state index is 11.9. The standard InChI is InChI=1S/C13H12ClNO2S/c1-8-3-6-12(18-8)13(16)15-9-4-5-11(17-2)10(14)7-9/h3-7H,1-2H3,(H,15,16). The van der Waals surface area contributed by atoms with Gasteiger partial charge in [-0.2, -0.15) is 0 Å². The van der Waals surface area contributed by atoms with Gasteiger partial charge in [0.25, 0.3) is 5.91 Å². The molecule has 5 heteroatoms. The van der Waals surface area contributed by atoms with E-state index in [1.807, 2.05) is 13.0 Å². The van der Waals surface area contributed by atoms with Crippen molar-refractivity contribution in [3.05, 3.63) is 45.1 Å². The highest BCUT2D eigenvalue weighted by atomic mass is 35.5. The number of hydrogen-bond donors (Lipinski definition) is 1. The van der Waals surface area contributed by atoms with Crippen LogP contribution in [0.4, 0.5) is 5.69 Å². The molecular weight excluding hydrogens is 270 g/mol. The normalized spacial score (nSPS) is 10.2. The third kappa shape index (κ3) is 2.83. The van der Waals surface area contributed by atoms with E-state index in [0.717, 1.165) is 4.88 Å². The Morgan fingerprint density at radius 1 is 1.33 bits per heavy atom. The zero-order valence-electron chi connectivity index (χ0n) is 9.99. The van der Waals surface area contributed by atoms with E-state index in [0.29, 0.717) is 21.3 Å². The Kier molecular flexibility index (Phi) is 3.89. The van der Waals surface area contributed by atoms with Gasteiger partial charge in [0.1, 0.15) is 5.75 Å². The number of aryl methyl sites for hydroxylation is 1. The lowest BCUT2D eigenvalue weighted by Crippen LogP contribution is -2.09. The molecule has 0 saturated heterocycles. The van der Waals surface area contributed by atoms with Crippen LogP contribution in [0.25, 0.3) is 0 Å². The molecule has 0 radical (unpaired) electrons. The first kappa shape index (κ1) is 12.9. The summed E-state index contributed by atoms with van der Waals surface area (Å²) in [6.07, 6.45) is 0. The molecule has 0 bridgehead atoms. The number of halogens is 1. The summed E-state index contributed by atoms with van der Waals surface area (Å²) in [5.74, 6) is 0.455. The van der Waals surface area contributed by atoms with Crippen LogP contribution in [0, 0.1) is 6.92 Å². The van der Waals surface area contributed by atoms with Crippen LogP contribution in [0.2, 0.25) is 5.02 Å². The lowest BCUT2D eigenvalue weighted by atomic mass is 10.3. The van der Waals surface area contributed by atoms with Crippen molar-refractivity contribution in [2.24, 2.45) is 0 Å². The molecule has 0 saturated carbocycles. The minimum Gasteiger partial charge on any atom is -0.495 e. The van der Waals surface area contributed by atoms with E-state index in [-0.39, 0.29) is 5.91 Å². The number of benzene rings is 1. The molecule has 1 N–H and O–H groups in total. The second-order valence-corrected chi connectivity index (χ2v) is 5.41. The van der Waals surface area contributed by atoms with Gasteiger partial charge in [0.2, 0.25) is 0 Å². The van der Waals surface area contributed by atoms with Gasteiger partial charge in [0.05, 0.1) is 17.0 Å². The van der Waals surface area contributed by atoms with Gasteiger partial charge < -0.3 is 10.1 Å². The molecule has 1 heterocycles. The Labute approximate surface area is 114 Å². The fourth-order valence-corrected chi connectivity index (χ4v) is 2.51. The molecule has 0 aliphatic heterocycles. The molecule has 0 atom stereocenters. The fraction of sp³-hybridized carbons (Fsp3) is 0.154. The van der Waals surface area contributed by atoms with Gasteiger partial charge in [-0.05, 0) is 37.3 Å². The lowest BCUT2D eigenvalue weighted by Gasteiger charge is -2.07. The van der Waals surface area contributed by atoms with Crippen LogP contribution >= 0.6 is 22.9 Å². The van der Waals surface area contributed by atoms with Crippen LogP contribution in [0.5, 0.6) is 5.75 Å². The molecule has 0 unspecified atom stereocenters. The zero-order chi connectivity index (χ0) is 13.1. The number of methoxy groups -OCH3 is 1. The van der Waals surface area contributed by atoms with Crippen molar-refractivity contribution in [2.45, 2.75) is 6.92 Å². The average Bonchev–Trinajstić information content (AvgIpc) is 2.76. The first-order chi connectivity index (χ1) is 8.60. The highest BCUT2D eigenvalue weighted by molar-refractivity contribution is 7.14. The number of amides is 1. The summed E-state index contributed by atoms with van der Waals surface area (Å²) < 4.78 is 5.05. The van der Waals surface area contributed by atoms with Crippen molar-refractivity contribution in [3.8, 4) is 5.75 Å². The van der Waals surface area contributed by atoms with Crippen LogP contribution in [-0.2, 0) is 0 Å². The highest BCUT2D eigenvalue weighted by Gasteiger charge is 2.09. The Morgan fingerprint density at radius 2 is 2.11 bits per heavy atom. The molecule has 1 aromatic heterocycles. The average molecular weight is 282 g/mol. The lowest BCUT2D eigenvalue weighted by molar-refractivity contribution is 0.103.